The molecule has 1 atom stereocenters. The molecule has 0 aromatic carbocycles. The van der Waals surface area contributed by atoms with Gasteiger partial charge in [-0.3, -0.25) is 0 Å². The van der Waals surface area contributed by atoms with Crippen LogP contribution in [-0.2, 0) is 0 Å². The molecule has 0 spiro atoms. The van der Waals surface area contributed by atoms with Gasteiger partial charge in [0.25, 0.3) is 0 Å². The minimum atomic E-state index is 0.744. The summed E-state index contributed by atoms with van der Waals surface area (Å²) in [5, 5.41) is 1.99. The molecule has 0 radical (unpaired) electrons. The van der Waals surface area contributed by atoms with E-state index in [0.717, 1.165) is 22.1 Å². The second kappa shape index (κ2) is 4.24. The fraction of sp³-hybridized carbons (Fsp3) is 0.750. The van der Waals surface area contributed by atoms with Gasteiger partial charge in [0.2, 0.25) is 0 Å². The third kappa shape index (κ3) is 1.79. The molecular weight excluding hydrogens is 218 g/mol. The molecule has 2 fully saturated rings. The van der Waals surface area contributed by atoms with Crippen LogP contribution in [0.15, 0.2) is 6.20 Å². The van der Waals surface area contributed by atoms with Crippen molar-refractivity contribution >= 4 is 21.5 Å². The van der Waals surface area contributed by atoms with Crippen LogP contribution >= 0.6 is 11.3 Å². The van der Waals surface area contributed by atoms with E-state index in [1.54, 1.807) is 17.5 Å². The lowest BCUT2D eigenvalue weighted by Crippen LogP contribution is -2.34. The summed E-state index contributed by atoms with van der Waals surface area (Å²) in [6.45, 7) is 1.17. The molecule has 2 aliphatic rings. The van der Waals surface area contributed by atoms with Crippen LogP contribution in [0.4, 0.5) is 10.1 Å². The maximum absolute atomic E-state index is 5.77. The Hall–Kier alpha value is -0.770. The van der Waals surface area contributed by atoms with Crippen LogP contribution in [0.1, 0.15) is 38.5 Å². The number of thiazole rings is 1. The van der Waals surface area contributed by atoms with E-state index >= 15 is 0 Å². The third-order valence-corrected chi connectivity index (χ3v) is 4.86. The highest BCUT2D eigenvalue weighted by atomic mass is 32.1. The molecule has 1 aliphatic heterocycles. The Kier molecular flexibility index (Phi) is 2.75. The number of anilines is 2. The molecule has 1 saturated carbocycles. The van der Waals surface area contributed by atoms with Gasteiger partial charge in [-0.1, -0.05) is 24.2 Å². The standard InChI is InChI=1S/C12H19N3S/c13-11-8-14-12(16-11)15-7-3-6-10(15)9-4-1-2-5-9/h8-10H,1-7,13H2. The predicted molar refractivity (Wildman–Crippen MR) is 68.9 cm³/mol. The molecular formula is C12H19N3S. The first-order chi connectivity index (χ1) is 7.84. The summed E-state index contributed by atoms with van der Waals surface area (Å²) in [4.78, 5) is 6.95. The van der Waals surface area contributed by atoms with Crippen LogP contribution in [0.3, 0.4) is 0 Å². The van der Waals surface area contributed by atoms with Gasteiger partial charge >= 0.3 is 0 Å². The van der Waals surface area contributed by atoms with Crippen molar-refractivity contribution < 1.29 is 0 Å². The van der Waals surface area contributed by atoms with E-state index in [2.05, 4.69) is 9.88 Å². The van der Waals surface area contributed by atoms with Crippen molar-refractivity contribution in [3.63, 3.8) is 0 Å². The molecule has 4 heteroatoms. The number of nitrogen functional groups attached to an aromatic ring is 1. The number of hydrogen-bond acceptors (Lipinski definition) is 4. The van der Waals surface area contributed by atoms with Gasteiger partial charge in [-0.05, 0) is 31.6 Å². The molecule has 2 heterocycles. The van der Waals surface area contributed by atoms with Crippen molar-refractivity contribution in [2.75, 3.05) is 17.2 Å². The molecule has 88 valence electrons. The second-order valence-electron chi connectivity index (χ2n) is 4.99. The summed E-state index contributed by atoms with van der Waals surface area (Å²) in [5.74, 6) is 0.910. The van der Waals surface area contributed by atoms with Gasteiger partial charge in [-0.2, -0.15) is 0 Å². The molecule has 1 aromatic heterocycles. The maximum atomic E-state index is 5.77. The maximum Gasteiger partial charge on any atom is 0.187 e. The van der Waals surface area contributed by atoms with E-state index in [9.17, 15) is 0 Å². The van der Waals surface area contributed by atoms with E-state index in [-0.39, 0.29) is 0 Å². The van der Waals surface area contributed by atoms with Crippen LogP contribution in [-0.4, -0.2) is 17.6 Å². The zero-order valence-corrected chi connectivity index (χ0v) is 10.4. The Labute approximate surface area is 101 Å². The van der Waals surface area contributed by atoms with Crippen LogP contribution in [0.2, 0.25) is 0 Å². The van der Waals surface area contributed by atoms with E-state index in [0.29, 0.717) is 0 Å². The van der Waals surface area contributed by atoms with Crippen molar-refractivity contribution in [2.45, 2.75) is 44.6 Å². The summed E-state index contributed by atoms with van der Waals surface area (Å²) in [5.41, 5.74) is 5.77. The quantitative estimate of drug-likeness (QED) is 0.860. The number of nitrogens with zero attached hydrogens (tertiary/aromatic N) is 2. The first kappa shape index (κ1) is 10.4. The normalized spacial score (nSPS) is 26.8. The molecule has 0 bridgehead atoms. The molecule has 3 nitrogen and oxygen atoms in total. The lowest BCUT2D eigenvalue weighted by atomic mass is 9.96. The van der Waals surface area contributed by atoms with Gasteiger partial charge in [0.05, 0.1) is 6.20 Å². The Morgan fingerprint density at radius 1 is 1.25 bits per heavy atom. The summed E-state index contributed by atoms with van der Waals surface area (Å²) in [6.07, 6.45) is 10.2. The van der Waals surface area contributed by atoms with Crippen LogP contribution < -0.4 is 10.6 Å². The average molecular weight is 237 g/mol. The van der Waals surface area contributed by atoms with E-state index < -0.39 is 0 Å². The fourth-order valence-corrected chi connectivity index (χ4v) is 4.04. The Balaban J connectivity index is 1.78. The van der Waals surface area contributed by atoms with Crippen molar-refractivity contribution in [1.82, 2.24) is 4.98 Å². The molecule has 0 amide bonds. The summed E-state index contributed by atoms with van der Waals surface area (Å²) in [6, 6.07) is 0.744. The van der Waals surface area contributed by atoms with Crippen molar-refractivity contribution in [3.8, 4) is 0 Å². The van der Waals surface area contributed by atoms with Gasteiger partial charge in [-0.15, -0.1) is 0 Å². The van der Waals surface area contributed by atoms with E-state index in [1.807, 2.05) is 0 Å². The number of rotatable bonds is 2. The molecule has 3 rings (SSSR count). The summed E-state index contributed by atoms with van der Waals surface area (Å²) >= 11 is 1.64. The summed E-state index contributed by atoms with van der Waals surface area (Å²) in [7, 11) is 0. The Morgan fingerprint density at radius 3 is 2.75 bits per heavy atom. The Morgan fingerprint density at radius 2 is 2.06 bits per heavy atom. The van der Waals surface area contributed by atoms with Crippen LogP contribution in [0.5, 0.6) is 0 Å². The second-order valence-corrected chi connectivity index (χ2v) is 6.03. The number of hydrogen-bond donors (Lipinski definition) is 1. The fourth-order valence-electron chi connectivity index (χ4n) is 3.27. The van der Waals surface area contributed by atoms with Crippen molar-refractivity contribution in [3.05, 3.63) is 6.20 Å². The van der Waals surface area contributed by atoms with Gasteiger partial charge in [0.1, 0.15) is 5.00 Å². The topological polar surface area (TPSA) is 42.1 Å². The van der Waals surface area contributed by atoms with E-state index in [1.165, 1.54) is 45.1 Å². The molecule has 1 aliphatic carbocycles. The van der Waals surface area contributed by atoms with Crippen molar-refractivity contribution in [1.29, 1.82) is 0 Å². The number of nitrogens with two attached hydrogens (primary N) is 1. The Bertz CT molecular complexity index is 357. The van der Waals surface area contributed by atoms with Crippen molar-refractivity contribution in [2.24, 2.45) is 5.92 Å². The highest BCUT2D eigenvalue weighted by Gasteiger charge is 2.34. The third-order valence-electron chi connectivity index (χ3n) is 4.00. The van der Waals surface area contributed by atoms with Crippen LogP contribution in [0, 0.1) is 5.92 Å². The first-order valence-corrected chi connectivity index (χ1v) is 7.14. The van der Waals surface area contributed by atoms with E-state index in [4.69, 9.17) is 5.73 Å². The zero-order valence-electron chi connectivity index (χ0n) is 9.56. The monoisotopic (exact) mass is 237 g/mol. The van der Waals surface area contributed by atoms with Gasteiger partial charge in [-0.25, -0.2) is 4.98 Å². The highest BCUT2D eigenvalue weighted by molar-refractivity contribution is 7.19. The SMILES string of the molecule is Nc1cnc(N2CCCC2C2CCCC2)s1. The molecule has 16 heavy (non-hydrogen) atoms. The lowest BCUT2D eigenvalue weighted by molar-refractivity contribution is 0.430. The first-order valence-electron chi connectivity index (χ1n) is 6.32. The van der Waals surface area contributed by atoms with Gasteiger partial charge in [0, 0.05) is 12.6 Å². The largest absolute Gasteiger partial charge is 0.389 e. The lowest BCUT2D eigenvalue weighted by Gasteiger charge is -2.28. The predicted octanol–water partition coefficient (Wildman–Crippen LogP) is 2.88. The smallest absolute Gasteiger partial charge is 0.187 e. The van der Waals surface area contributed by atoms with Gasteiger partial charge in [0.15, 0.2) is 5.13 Å². The van der Waals surface area contributed by atoms with Gasteiger partial charge < -0.3 is 10.6 Å². The molecule has 1 saturated heterocycles. The highest BCUT2D eigenvalue weighted by Crippen LogP contribution is 2.39. The molecule has 2 N–H and O–H groups in total. The minimum Gasteiger partial charge on any atom is -0.389 e. The van der Waals surface area contributed by atoms with Crippen LogP contribution in [0.25, 0.3) is 0 Å². The number of aromatic nitrogens is 1. The molecule has 1 unspecified atom stereocenters. The average Bonchev–Trinajstić information content (AvgIpc) is 2.96. The minimum absolute atomic E-state index is 0.744. The summed E-state index contributed by atoms with van der Waals surface area (Å²) < 4.78 is 0. The molecule has 1 aromatic rings. The zero-order chi connectivity index (χ0) is 11.0.